The zero-order valence-electron chi connectivity index (χ0n) is 20.8. The molecule has 0 fully saturated rings. The number of nitrogens with zero attached hydrogens (tertiary/aromatic N) is 1. The number of amides is 1. The number of methoxy groups -OCH3 is 1. The summed E-state index contributed by atoms with van der Waals surface area (Å²) in [4.78, 5) is 12.8. The van der Waals surface area contributed by atoms with Crippen molar-refractivity contribution in [3.8, 4) is 5.75 Å². The van der Waals surface area contributed by atoms with Gasteiger partial charge in [0.2, 0.25) is 0 Å². The lowest BCUT2D eigenvalue weighted by atomic mass is 10.2. The molecule has 2 N–H and O–H groups in total. The molecule has 202 valence electrons. The number of hydrogen-bond acceptors (Lipinski definition) is 6. The van der Waals surface area contributed by atoms with Gasteiger partial charge in [-0.15, -0.1) is 0 Å². The van der Waals surface area contributed by atoms with Crippen LogP contribution in [0.3, 0.4) is 0 Å². The van der Waals surface area contributed by atoms with Gasteiger partial charge in [0.05, 0.1) is 28.3 Å². The topological polar surface area (TPSA) is 122 Å². The molecule has 9 nitrogen and oxygen atoms in total. The first-order valence-electron chi connectivity index (χ1n) is 11.4. The number of carbonyl (C=O) groups is 1. The van der Waals surface area contributed by atoms with E-state index in [2.05, 4.69) is 10.0 Å². The third-order valence-corrected chi connectivity index (χ3v) is 9.14. The summed E-state index contributed by atoms with van der Waals surface area (Å²) >= 11 is 5.91. The lowest BCUT2D eigenvalue weighted by molar-refractivity contribution is 0.102. The van der Waals surface area contributed by atoms with Crippen LogP contribution in [0.4, 0.5) is 17.1 Å². The van der Waals surface area contributed by atoms with Crippen LogP contribution in [0.1, 0.15) is 10.4 Å². The third kappa shape index (κ3) is 6.51. The molecule has 0 aliphatic heterocycles. The highest BCUT2D eigenvalue weighted by molar-refractivity contribution is 7.93. The average molecular weight is 586 g/mol. The molecule has 12 heteroatoms. The van der Waals surface area contributed by atoms with Crippen molar-refractivity contribution in [3.63, 3.8) is 0 Å². The van der Waals surface area contributed by atoms with Crippen molar-refractivity contribution in [2.45, 2.75) is 9.79 Å². The third-order valence-electron chi connectivity index (χ3n) is 5.71. The van der Waals surface area contributed by atoms with Crippen LogP contribution in [0.5, 0.6) is 5.75 Å². The smallest absolute Gasteiger partial charge is 0.264 e. The van der Waals surface area contributed by atoms with E-state index in [9.17, 15) is 21.6 Å². The minimum atomic E-state index is -3.86. The van der Waals surface area contributed by atoms with E-state index in [1.165, 1.54) is 80.9 Å². The molecular formula is C27H24ClN3O6S2. The van der Waals surface area contributed by atoms with Gasteiger partial charge >= 0.3 is 0 Å². The maximum Gasteiger partial charge on any atom is 0.264 e. The van der Waals surface area contributed by atoms with E-state index in [0.29, 0.717) is 27.8 Å². The van der Waals surface area contributed by atoms with Crippen LogP contribution >= 0.6 is 11.6 Å². The number of sulfonamides is 2. The average Bonchev–Trinajstić information content (AvgIpc) is 2.93. The number of anilines is 3. The summed E-state index contributed by atoms with van der Waals surface area (Å²) in [5, 5.41) is 3.09. The monoisotopic (exact) mass is 585 g/mol. The summed E-state index contributed by atoms with van der Waals surface area (Å²) in [6.45, 7) is 0. The van der Waals surface area contributed by atoms with Crippen molar-refractivity contribution >= 4 is 54.6 Å². The Morgan fingerprint density at radius 3 is 2.00 bits per heavy atom. The van der Waals surface area contributed by atoms with Gasteiger partial charge in [-0.2, -0.15) is 0 Å². The Morgan fingerprint density at radius 2 is 1.41 bits per heavy atom. The fourth-order valence-electron chi connectivity index (χ4n) is 3.55. The van der Waals surface area contributed by atoms with Gasteiger partial charge in [-0.3, -0.25) is 13.8 Å². The van der Waals surface area contributed by atoms with Crippen LogP contribution in [0, 0.1) is 0 Å². The van der Waals surface area contributed by atoms with Crippen LogP contribution in [0.2, 0.25) is 5.02 Å². The fraction of sp³-hybridized carbons (Fsp3) is 0.0741. The Morgan fingerprint density at radius 1 is 0.795 bits per heavy atom. The highest BCUT2D eigenvalue weighted by Gasteiger charge is 2.22. The van der Waals surface area contributed by atoms with E-state index in [1.54, 1.807) is 30.3 Å². The Bertz CT molecular complexity index is 1690. The SMILES string of the molecule is COc1ccc(S(=O)(=O)N(C)c2ccc(C(=O)Nc3ccc(S(=O)(=O)Nc4cccc(Cl)c4)cc3)cc2)cc1. The van der Waals surface area contributed by atoms with Gasteiger partial charge in [-0.25, -0.2) is 16.8 Å². The Labute approximate surface area is 232 Å². The molecule has 39 heavy (non-hydrogen) atoms. The van der Waals surface area contributed by atoms with Crippen LogP contribution in [-0.2, 0) is 20.0 Å². The number of rotatable bonds is 9. The van der Waals surface area contributed by atoms with Gasteiger partial charge in [-0.05, 0) is 91.0 Å². The highest BCUT2D eigenvalue weighted by Crippen LogP contribution is 2.25. The summed E-state index contributed by atoms with van der Waals surface area (Å²) in [6, 6.07) is 24.1. The Balaban J connectivity index is 1.42. The number of ether oxygens (including phenoxy) is 1. The second kappa shape index (κ2) is 11.4. The maximum atomic E-state index is 13.0. The Kier molecular flexibility index (Phi) is 8.14. The molecule has 1 amide bonds. The van der Waals surface area contributed by atoms with Crippen LogP contribution in [-0.4, -0.2) is 36.9 Å². The molecule has 0 aromatic heterocycles. The minimum absolute atomic E-state index is 0.00549. The fourth-order valence-corrected chi connectivity index (χ4v) is 5.99. The molecular weight excluding hydrogens is 562 g/mol. The number of nitrogens with one attached hydrogen (secondary N) is 2. The zero-order valence-corrected chi connectivity index (χ0v) is 23.2. The van der Waals surface area contributed by atoms with E-state index in [0.717, 1.165) is 4.31 Å². The summed E-state index contributed by atoms with van der Waals surface area (Å²) in [6.07, 6.45) is 0. The quantitative estimate of drug-likeness (QED) is 0.277. The summed E-state index contributed by atoms with van der Waals surface area (Å²) in [7, 11) is -4.76. The first-order chi connectivity index (χ1) is 18.5. The van der Waals surface area contributed by atoms with Gasteiger partial charge in [0.1, 0.15) is 5.75 Å². The van der Waals surface area contributed by atoms with Crippen molar-refractivity contribution in [3.05, 3.63) is 108 Å². The van der Waals surface area contributed by atoms with Gasteiger partial charge in [-0.1, -0.05) is 17.7 Å². The van der Waals surface area contributed by atoms with Crippen molar-refractivity contribution in [2.75, 3.05) is 28.5 Å². The van der Waals surface area contributed by atoms with Crippen LogP contribution in [0.15, 0.2) is 107 Å². The minimum Gasteiger partial charge on any atom is -0.497 e. The summed E-state index contributed by atoms with van der Waals surface area (Å²) in [5.41, 5.74) is 1.35. The van der Waals surface area contributed by atoms with Crippen molar-refractivity contribution in [1.29, 1.82) is 0 Å². The van der Waals surface area contributed by atoms with Crippen LogP contribution in [0.25, 0.3) is 0 Å². The summed E-state index contributed by atoms with van der Waals surface area (Å²) < 4.78 is 59.9. The lowest BCUT2D eigenvalue weighted by Gasteiger charge is -2.20. The molecule has 4 aromatic carbocycles. The normalized spacial score (nSPS) is 11.5. The largest absolute Gasteiger partial charge is 0.497 e. The molecule has 4 rings (SSSR count). The van der Waals surface area contributed by atoms with E-state index in [-0.39, 0.29) is 15.4 Å². The van der Waals surface area contributed by atoms with Crippen molar-refractivity contribution in [2.24, 2.45) is 0 Å². The molecule has 0 aliphatic carbocycles. The maximum absolute atomic E-state index is 13.0. The van der Waals surface area contributed by atoms with E-state index >= 15 is 0 Å². The zero-order chi connectivity index (χ0) is 28.2. The number of hydrogen-bond donors (Lipinski definition) is 2. The molecule has 0 spiro atoms. The first-order valence-corrected chi connectivity index (χ1v) is 14.7. The summed E-state index contributed by atoms with van der Waals surface area (Å²) in [5.74, 6) is 0.0901. The second-order valence-corrected chi connectivity index (χ2v) is 12.4. The van der Waals surface area contributed by atoms with Gasteiger partial charge in [0, 0.05) is 23.3 Å². The van der Waals surface area contributed by atoms with E-state index < -0.39 is 26.0 Å². The standard InChI is InChI=1S/C27H24ClN3O6S2/c1-31(39(35,36)26-16-12-24(37-2)13-17-26)23-10-6-19(7-11-23)27(32)29-21-8-14-25(15-9-21)38(33,34)30-22-5-3-4-20(28)18-22/h3-18,30H,1-2H3,(H,29,32). The van der Waals surface area contributed by atoms with Crippen molar-refractivity contribution in [1.82, 2.24) is 0 Å². The van der Waals surface area contributed by atoms with Gasteiger partial charge in [0.25, 0.3) is 26.0 Å². The molecule has 0 radical (unpaired) electrons. The van der Waals surface area contributed by atoms with Crippen molar-refractivity contribution < 1.29 is 26.4 Å². The molecule has 0 saturated heterocycles. The van der Waals surface area contributed by atoms with E-state index in [4.69, 9.17) is 16.3 Å². The molecule has 0 unspecified atom stereocenters. The molecule has 0 saturated carbocycles. The molecule has 0 aliphatic rings. The predicted molar refractivity (Wildman–Crippen MR) is 152 cm³/mol. The predicted octanol–water partition coefficient (Wildman–Crippen LogP) is 5.23. The number of carbonyl (C=O) groups excluding carboxylic acids is 1. The molecule has 0 heterocycles. The second-order valence-electron chi connectivity index (χ2n) is 8.29. The van der Waals surface area contributed by atoms with E-state index in [1.807, 2.05) is 0 Å². The Hall–Kier alpha value is -4.06. The van der Waals surface area contributed by atoms with Crippen LogP contribution < -0.4 is 19.1 Å². The van der Waals surface area contributed by atoms with Gasteiger partial charge in [0.15, 0.2) is 0 Å². The molecule has 0 atom stereocenters. The number of benzene rings is 4. The first kappa shape index (κ1) is 28.0. The molecule has 0 bridgehead atoms. The number of halogens is 1. The highest BCUT2D eigenvalue weighted by atomic mass is 35.5. The molecule has 4 aromatic rings. The van der Waals surface area contributed by atoms with Gasteiger partial charge < -0.3 is 10.1 Å². The lowest BCUT2D eigenvalue weighted by Crippen LogP contribution is -2.26.